The lowest BCUT2D eigenvalue weighted by molar-refractivity contribution is 0.540. The third kappa shape index (κ3) is 1.85. The van der Waals surface area contributed by atoms with Gasteiger partial charge in [-0.15, -0.1) is 0 Å². The van der Waals surface area contributed by atoms with Gasteiger partial charge in [-0.25, -0.2) is 0 Å². The monoisotopic (exact) mass is 200 g/mol. The van der Waals surface area contributed by atoms with Gasteiger partial charge in [-0.3, -0.25) is 4.98 Å². The summed E-state index contributed by atoms with van der Waals surface area (Å²) in [6, 6.07) is 10.4. The molecule has 2 N–H and O–H groups in total. The Kier molecular flexibility index (Phi) is 2.45. The van der Waals surface area contributed by atoms with Gasteiger partial charge in [-0.05, 0) is 23.8 Å². The van der Waals surface area contributed by atoms with Gasteiger partial charge in [0.15, 0.2) is 0 Å². The number of hydrogen-bond acceptors (Lipinski definition) is 2. The Bertz CT molecular complexity index is 475. The molecule has 0 aliphatic carbocycles. The molecule has 1 aromatic carbocycles. The predicted octanol–water partition coefficient (Wildman–Crippen LogP) is 2.47. The summed E-state index contributed by atoms with van der Waals surface area (Å²) in [5.74, 6) is 0. The van der Waals surface area contributed by atoms with Gasteiger partial charge in [0, 0.05) is 23.5 Å². The summed E-state index contributed by atoms with van der Waals surface area (Å²) in [6.07, 6.45) is 1.82. The van der Waals surface area contributed by atoms with E-state index in [-0.39, 0.29) is 5.41 Å². The van der Waals surface area contributed by atoms with Crippen molar-refractivity contribution in [2.24, 2.45) is 5.73 Å². The van der Waals surface area contributed by atoms with E-state index in [0.29, 0.717) is 6.54 Å². The second-order valence-electron chi connectivity index (χ2n) is 4.50. The molecule has 0 saturated carbocycles. The first-order valence-corrected chi connectivity index (χ1v) is 5.19. The van der Waals surface area contributed by atoms with Gasteiger partial charge in [0.05, 0.1) is 5.52 Å². The smallest absolute Gasteiger partial charge is 0.0702 e. The van der Waals surface area contributed by atoms with E-state index in [2.05, 4.69) is 43.1 Å². The number of fused-ring (bicyclic) bond motifs is 1. The van der Waals surface area contributed by atoms with E-state index in [0.717, 1.165) is 5.52 Å². The van der Waals surface area contributed by atoms with Gasteiger partial charge in [0.25, 0.3) is 0 Å². The first-order chi connectivity index (χ1) is 7.13. The Morgan fingerprint density at radius 2 is 2.07 bits per heavy atom. The fourth-order valence-corrected chi connectivity index (χ4v) is 1.61. The second kappa shape index (κ2) is 3.63. The summed E-state index contributed by atoms with van der Waals surface area (Å²) in [6.45, 7) is 4.97. The van der Waals surface area contributed by atoms with Crippen molar-refractivity contribution in [2.75, 3.05) is 6.54 Å². The summed E-state index contributed by atoms with van der Waals surface area (Å²) in [5.41, 5.74) is 8.10. The molecular weight excluding hydrogens is 184 g/mol. The van der Waals surface area contributed by atoms with Gasteiger partial charge in [-0.1, -0.05) is 26.0 Å². The molecule has 0 saturated heterocycles. The van der Waals surface area contributed by atoms with E-state index in [4.69, 9.17) is 5.73 Å². The minimum absolute atomic E-state index is 0.0318. The van der Waals surface area contributed by atoms with Crippen molar-refractivity contribution >= 4 is 10.9 Å². The third-order valence-electron chi connectivity index (χ3n) is 2.89. The third-order valence-corrected chi connectivity index (χ3v) is 2.89. The quantitative estimate of drug-likeness (QED) is 0.808. The molecule has 0 fully saturated rings. The summed E-state index contributed by atoms with van der Waals surface area (Å²) in [7, 11) is 0. The van der Waals surface area contributed by atoms with Crippen molar-refractivity contribution in [1.82, 2.24) is 4.98 Å². The Labute approximate surface area is 90.1 Å². The van der Waals surface area contributed by atoms with Crippen LogP contribution < -0.4 is 5.73 Å². The van der Waals surface area contributed by atoms with E-state index in [1.165, 1.54) is 10.9 Å². The average Bonchev–Trinajstić information content (AvgIpc) is 2.28. The van der Waals surface area contributed by atoms with E-state index in [1.807, 2.05) is 12.3 Å². The first-order valence-electron chi connectivity index (χ1n) is 5.19. The Morgan fingerprint density at radius 1 is 1.27 bits per heavy atom. The van der Waals surface area contributed by atoms with Crippen LogP contribution in [0.3, 0.4) is 0 Å². The highest BCUT2D eigenvalue weighted by Gasteiger charge is 2.18. The number of aromatic nitrogens is 1. The molecule has 0 bridgehead atoms. The lowest BCUT2D eigenvalue weighted by atomic mass is 9.84. The van der Waals surface area contributed by atoms with E-state index in [9.17, 15) is 0 Å². The molecule has 2 rings (SSSR count). The van der Waals surface area contributed by atoms with Crippen molar-refractivity contribution in [3.8, 4) is 0 Å². The van der Waals surface area contributed by atoms with Crippen molar-refractivity contribution in [2.45, 2.75) is 19.3 Å². The van der Waals surface area contributed by atoms with E-state index < -0.39 is 0 Å². The Morgan fingerprint density at radius 3 is 2.80 bits per heavy atom. The van der Waals surface area contributed by atoms with Crippen LogP contribution in [0.2, 0.25) is 0 Å². The minimum Gasteiger partial charge on any atom is -0.330 e. The van der Waals surface area contributed by atoms with Crippen LogP contribution in [0.15, 0.2) is 36.5 Å². The number of benzene rings is 1. The molecule has 15 heavy (non-hydrogen) atoms. The number of rotatable bonds is 2. The highest BCUT2D eigenvalue weighted by atomic mass is 14.6. The zero-order chi connectivity index (χ0) is 10.9. The van der Waals surface area contributed by atoms with E-state index >= 15 is 0 Å². The van der Waals surface area contributed by atoms with Crippen LogP contribution in [-0.4, -0.2) is 11.5 Å². The van der Waals surface area contributed by atoms with Gasteiger partial charge in [0.1, 0.15) is 0 Å². The van der Waals surface area contributed by atoms with Gasteiger partial charge in [-0.2, -0.15) is 0 Å². The van der Waals surface area contributed by atoms with Crippen molar-refractivity contribution < 1.29 is 0 Å². The van der Waals surface area contributed by atoms with Crippen molar-refractivity contribution in [1.29, 1.82) is 0 Å². The van der Waals surface area contributed by atoms with Gasteiger partial charge < -0.3 is 5.73 Å². The van der Waals surface area contributed by atoms with Crippen LogP contribution in [0.1, 0.15) is 19.4 Å². The largest absolute Gasteiger partial charge is 0.330 e. The molecule has 0 aliphatic rings. The standard InChI is InChI=1S/C13H16N2/c1-13(2,9-14)11-5-6-12-10(8-11)4-3-7-15-12/h3-8H,9,14H2,1-2H3. The van der Waals surface area contributed by atoms with Crippen LogP contribution in [0.5, 0.6) is 0 Å². The zero-order valence-electron chi connectivity index (χ0n) is 9.20. The fourth-order valence-electron chi connectivity index (χ4n) is 1.61. The molecule has 0 amide bonds. The number of nitrogens with zero attached hydrogens (tertiary/aromatic N) is 1. The summed E-state index contributed by atoms with van der Waals surface area (Å²) < 4.78 is 0. The summed E-state index contributed by atoms with van der Waals surface area (Å²) in [5, 5.41) is 1.18. The van der Waals surface area contributed by atoms with Crippen LogP contribution in [-0.2, 0) is 5.41 Å². The lowest BCUT2D eigenvalue weighted by Crippen LogP contribution is -2.27. The molecule has 1 aromatic heterocycles. The topological polar surface area (TPSA) is 38.9 Å². The van der Waals surface area contributed by atoms with Crippen LogP contribution in [0.25, 0.3) is 10.9 Å². The van der Waals surface area contributed by atoms with E-state index in [1.54, 1.807) is 0 Å². The van der Waals surface area contributed by atoms with Crippen LogP contribution >= 0.6 is 0 Å². The molecule has 2 heteroatoms. The molecular formula is C13H16N2. The summed E-state index contributed by atoms with van der Waals surface area (Å²) in [4.78, 5) is 4.30. The average molecular weight is 200 g/mol. The molecule has 1 heterocycles. The Balaban J connectivity index is 2.56. The molecule has 2 nitrogen and oxygen atoms in total. The maximum absolute atomic E-state index is 5.77. The molecule has 2 aromatic rings. The second-order valence-corrected chi connectivity index (χ2v) is 4.50. The molecule has 78 valence electrons. The number of pyridine rings is 1. The SMILES string of the molecule is CC(C)(CN)c1ccc2ncccc2c1. The maximum Gasteiger partial charge on any atom is 0.0702 e. The zero-order valence-corrected chi connectivity index (χ0v) is 9.20. The predicted molar refractivity (Wildman–Crippen MR) is 63.8 cm³/mol. The highest BCUT2D eigenvalue weighted by Crippen LogP contribution is 2.24. The molecule has 0 unspecified atom stereocenters. The fraction of sp³-hybridized carbons (Fsp3) is 0.308. The van der Waals surface area contributed by atoms with Gasteiger partial charge >= 0.3 is 0 Å². The van der Waals surface area contributed by atoms with Crippen molar-refractivity contribution in [3.63, 3.8) is 0 Å². The van der Waals surface area contributed by atoms with Gasteiger partial charge in [0.2, 0.25) is 0 Å². The maximum atomic E-state index is 5.77. The number of hydrogen-bond donors (Lipinski definition) is 1. The first kappa shape index (κ1) is 10.1. The number of nitrogens with two attached hydrogens (primary N) is 1. The Hall–Kier alpha value is -1.41. The van der Waals surface area contributed by atoms with Crippen LogP contribution in [0, 0.1) is 0 Å². The minimum atomic E-state index is 0.0318. The summed E-state index contributed by atoms with van der Waals surface area (Å²) >= 11 is 0. The molecule has 0 atom stereocenters. The molecule has 0 aliphatic heterocycles. The molecule has 0 radical (unpaired) electrons. The van der Waals surface area contributed by atoms with Crippen molar-refractivity contribution in [3.05, 3.63) is 42.1 Å². The molecule has 0 spiro atoms. The highest BCUT2D eigenvalue weighted by molar-refractivity contribution is 5.79. The van der Waals surface area contributed by atoms with Crippen LogP contribution in [0.4, 0.5) is 0 Å². The normalized spacial score (nSPS) is 11.9. The lowest BCUT2D eigenvalue weighted by Gasteiger charge is -2.23.